The Bertz CT molecular complexity index is 540. The number of halogens is 1. The maximum absolute atomic E-state index is 4.39. The molecule has 1 N–H and O–H groups in total. The first-order valence-electron chi connectivity index (χ1n) is 6.60. The molecule has 19 heavy (non-hydrogen) atoms. The fraction of sp³-hybridized carbons (Fsp3) is 0.312. The minimum atomic E-state index is 0.303. The van der Waals surface area contributed by atoms with Gasteiger partial charge in [0.15, 0.2) is 0 Å². The standard InChI is InChI=1S/C16H19BrN2/c1-3-18-16(14-8-6-10-19-12(14)2)11-13-7-4-5-9-15(13)17/h4-10,16,18H,3,11H2,1-2H3. The van der Waals surface area contributed by atoms with Crippen molar-refractivity contribution < 1.29 is 0 Å². The third-order valence-electron chi connectivity index (χ3n) is 3.26. The van der Waals surface area contributed by atoms with Crippen LogP contribution in [0.25, 0.3) is 0 Å². The SMILES string of the molecule is CCNC(Cc1ccccc1Br)c1cccnc1C. The van der Waals surface area contributed by atoms with Crippen molar-refractivity contribution in [1.82, 2.24) is 10.3 Å². The monoisotopic (exact) mass is 318 g/mol. The summed E-state index contributed by atoms with van der Waals surface area (Å²) < 4.78 is 1.17. The molecule has 0 radical (unpaired) electrons. The van der Waals surface area contributed by atoms with Crippen LogP contribution in [0.15, 0.2) is 47.1 Å². The molecule has 2 aromatic rings. The Kier molecular flexibility index (Phi) is 5.11. The second kappa shape index (κ2) is 6.83. The average molecular weight is 319 g/mol. The van der Waals surface area contributed by atoms with Crippen LogP contribution < -0.4 is 5.32 Å². The van der Waals surface area contributed by atoms with Gasteiger partial charge in [-0.2, -0.15) is 0 Å². The molecule has 0 saturated carbocycles. The van der Waals surface area contributed by atoms with Crippen LogP contribution in [0.3, 0.4) is 0 Å². The highest BCUT2D eigenvalue weighted by Gasteiger charge is 2.14. The summed E-state index contributed by atoms with van der Waals surface area (Å²) in [6.07, 6.45) is 2.81. The molecule has 0 amide bonds. The number of benzene rings is 1. The van der Waals surface area contributed by atoms with E-state index in [1.807, 2.05) is 18.3 Å². The molecule has 100 valence electrons. The topological polar surface area (TPSA) is 24.9 Å². The molecule has 0 spiro atoms. The van der Waals surface area contributed by atoms with E-state index >= 15 is 0 Å². The fourth-order valence-corrected chi connectivity index (χ4v) is 2.73. The molecule has 1 heterocycles. The second-order valence-corrected chi connectivity index (χ2v) is 5.44. The van der Waals surface area contributed by atoms with Gasteiger partial charge in [0.25, 0.3) is 0 Å². The minimum Gasteiger partial charge on any atom is -0.310 e. The average Bonchev–Trinajstić information content (AvgIpc) is 2.41. The number of pyridine rings is 1. The van der Waals surface area contributed by atoms with Crippen LogP contribution in [0, 0.1) is 6.92 Å². The maximum atomic E-state index is 4.39. The number of hydrogen-bond donors (Lipinski definition) is 1. The van der Waals surface area contributed by atoms with E-state index in [0.717, 1.165) is 18.7 Å². The summed E-state index contributed by atoms with van der Waals surface area (Å²) in [5.41, 5.74) is 3.69. The molecule has 1 aromatic carbocycles. The smallest absolute Gasteiger partial charge is 0.0420 e. The van der Waals surface area contributed by atoms with Gasteiger partial charge < -0.3 is 5.32 Å². The number of aryl methyl sites for hydroxylation is 1. The molecule has 1 unspecified atom stereocenters. The normalized spacial score (nSPS) is 12.4. The third-order valence-corrected chi connectivity index (χ3v) is 4.03. The largest absolute Gasteiger partial charge is 0.310 e. The molecule has 0 saturated heterocycles. The lowest BCUT2D eigenvalue weighted by atomic mass is 9.98. The van der Waals surface area contributed by atoms with E-state index in [1.54, 1.807) is 0 Å². The molecule has 0 aliphatic rings. The van der Waals surface area contributed by atoms with Gasteiger partial charge in [0.05, 0.1) is 0 Å². The molecule has 2 rings (SSSR count). The van der Waals surface area contributed by atoms with E-state index in [0.29, 0.717) is 6.04 Å². The number of nitrogens with one attached hydrogen (secondary N) is 1. The highest BCUT2D eigenvalue weighted by molar-refractivity contribution is 9.10. The second-order valence-electron chi connectivity index (χ2n) is 4.58. The van der Waals surface area contributed by atoms with E-state index in [9.17, 15) is 0 Å². The van der Waals surface area contributed by atoms with E-state index in [2.05, 4.69) is 64.3 Å². The highest BCUT2D eigenvalue weighted by Crippen LogP contribution is 2.24. The van der Waals surface area contributed by atoms with Crippen molar-refractivity contribution in [2.75, 3.05) is 6.54 Å². The molecule has 3 heteroatoms. The van der Waals surface area contributed by atoms with Crippen LogP contribution in [0.4, 0.5) is 0 Å². The first kappa shape index (κ1) is 14.2. The quantitative estimate of drug-likeness (QED) is 0.899. The highest BCUT2D eigenvalue weighted by atomic mass is 79.9. The van der Waals surface area contributed by atoms with Crippen LogP contribution in [0.5, 0.6) is 0 Å². The van der Waals surface area contributed by atoms with Crippen LogP contribution in [-0.2, 0) is 6.42 Å². The molecule has 1 aromatic heterocycles. The molecular weight excluding hydrogens is 300 g/mol. The number of hydrogen-bond acceptors (Lipinski definition) is 2. The maximum Gasteiger partial charge on any atom is 0.0420 e. The summed E-state index contributed by atoms with van der Waals surface area (Å²) in [5.74, 6) is 0. The first-order chi connectivity index (χ1) is 9.22. The van der Waals surface area contributed by atoms with Gasteiger partial charge >= 0.3 is 0 Å². The van der Waals surface area contributed by atoms with Crippen molar-refractivity contribution in [3.8, 4) is 0 Å². The fourth-order valence-electron chi connectivity index (χ4n) is 2.29. The Balaban J connectivity index is 2.27. The van der Waals surface area contributed by atoms with Gasteiger partial charge in [-0.1, -0.05) is 47.1 Å². The zero-order valence-electron chi connectivity index (χ0n) is 11.4. The lowest BCUT2D eigenvalue weighted by molar-refractivity contribution is 0.544. The Hall–Kier alpha value is -1.19. The molecular formula is C16H19BrN2. The number of nitrogens with zero attached hydrogens (tertiary/aromatic N) is 1. The number of rotatable bonds is 5. The van der Waals surface area contributed by atoms with Crippen molar-refractivity contribution >= 4 is 15.9 Å². The number of aromatic nitrogens is 1. The van der Waals surface area contributed by atoms with Gasteiger partial charge in [-0.3, -0.25) is 4.98 Å². The van der Waals surface area contributed by atoms with Crippen molar-refractivity contribution in [2.45, 2.75) is 26.3 Å². The van der Waals surface area contributed by atoms with Gasteiger partial charge in [-0.15, -0.1) is 0 Å². The predicted molar refractivity (Wildman–Crippen MR) is 83.2 cm³/mol. The van der Waals surface area contributed by atoms with Crippen LogP contribution in [0.1, 0.15) is 29.8 Å². The van der Waals surface area contributed by atoms with E-state index < -0.39 is 0 Å². The van der Waals surface area contributed by atoms with E-state index in [-0.39, 0.29) is 0 Å². The Morgan fingerprint density at radius 1 is 1.21 bits per heavy atom. The van der Waals surface area contributed by atoms with Gasteiger partial charge in [0.2, 0.25) is 0 Å². The zero-order chi connectivity index (χ0) is 13.7. The predicted octanol–water partition coefficient (Wildman–Crippen LogP) is 4.05. The van der Waals surface area contributed by atoms with Gasteiger partial charge in [0.1, 0.15) is 0 Å². The van der Waals surface area contributed by atoms with Crippen LogP contribution in [0.2, 0.25) is 0 Å². The summed E-state index contributed by atoms with van der Waals surface area (Å²) in [6.45, 7) is 5.15. The Morgan fingerprint density at radius 3 is 2.68 bits per heavy atom. The molecule has 1 atom stereocenters. The molecule has 2 nitrogen and oxygen atoms in total. The summed E-state index contributed by atoms with van der Waals surface area (Å²) in [5, 5.41) is 3.55. The molecule has 0 aliphatic carbocycles. The van der Waals surface area contributed by atoms with Gasteiger partial charge in [-0.25, -0.2) is 0 Å². The Labute approximate surface area is 123 Å². The van der Waals surface area contributed by atoms with Gasteiger partial charge in [-0.05, 0) is 43.1 Å². The van der Waals surface area contributed by atoms with Crippen molar-refractivity contribution in [2.24, 2.45) is 0 Å². The molecule has 0 bridgehead atoms. The van der Waals surface area contributed by atoms with Crippen LogP contribution in [-0.4, -0.2) is 11.5 Å². The third kappa shape index (κ3) is 3.64. The summed E-state index contributed by atoms with van der Waals surface area (Å²) in [4.78, 5) is 4.39. The van der Waals surface area contributed by atoms with Crippen molar-refractivity contribution in [3.63, 3.8) is 0 Å². The van der Waals surface area contributed by atoms with Gasteiger partial charge in [0, 0.05) is 22.4 Å². The number of likely N-dealkylation sites (N-methyl/N-ethyl adjacent to an activating group) is 1. The summed E-state index contributed by atoms with van der Waals surface area (Å²) >= 11 is 3.62. The van der Waals surface area contributed by atoms with Crippen molar-refractivity contribution in [1.29, 1.82) is 0 Å². The minimum absolute atomic E-state index is 0.303. The zero-order valence-corrected chi connectivity index (χ0v) is 12.9. The van der Waals surface area contributed by atoms with Crippen LogP contribution >= 0.6 is 15.9 Å². The first-order valence-corrected chi connectivity index (χ1v) is 7.40. The van der Waals surface area contributed by atoms with E-state index in [1.165, 1.54) is 15.6 Å². The summed E-state index contributed by atoms with van der Waals surface area (Å²) in [6, 6.07) is 12.9. The summed E-state index contributed by atoms with van der Waals surface area (Å²) in [7, 11) is 0. The molecule has 0 fully saturated rings. The lowest BCUT2D eigenvalue weighted by Crippen LogP contribution is -2.24. The van der Waals surface area contributed by atoms with Crippen molar-refractivity contribution in [3.05, 3.63) is 63.9 Å². The lowest BCUT2D eigenvalue weighted by Gasteiger charge is -2.20. The van der Waals surface area contributed by atoms with E-state index in [4.69, 9.17) is 0 Å². The Morgan fingerprint density at radius 2 is 2.00 bits per heavy atom. The molecule has 0 aliphatic heterocycles.